The highest BCUT2D eigenvalue weighted by molar-refractivity contribution is 6.74. The van der Waals surface area contributed by atoms with Gasteiger partial charge in [-0.3, -0.25) is 0 Å². The fourth-order valence-corrected chi connectivity index (χ4v) is 2.62. The predicted octanol–water partition coefficient (Wildman–Crippen LogP) is 1.68. The van der Waals surface area contributed by atoms with Gasteiger partial charge in [-0.25, -0.2) is 4.79 Å². The number of rotatable bonds is 3. The van der Waals surface area contributed by atoms with Gasteiger partial charge in [0.2, 0.25) is 0 Å². The largest absolute Gasteiger partial charge is 0.458 e. The van der Waals surface area contributed by atoms with E-state index in [-0.39, 0.29) is 23.7 Å². The number of hydrogen-bond acceptors (Lipinski definition) is 4. The van der Waals surface area contributed by atoms with Crippen molar-refractivity contribution in [3.05, 3.63) is 0 Å². The summed E-state index contributed by atoms with van der Waals surface area (Å²) in [7, 11) is -1.94. The summed E-state index contributed by atoms with van der Waals surface area (Å²) in [6.45, 7) is 10.5. The third-order valence-electron chi connectivity index (χ3n) is 3.47. The average molecular weight is 246 g/mol. The highest BCUT2D eigenvalue weighted by Crippen LogP contribution is 2.38. The van der Waals surface area contributed by atoms with E-state index in [9.17, 15) is 4.79 Å². The molecule has 0 radical (unpaired) electrons. The minimum absolute atomic E-state index is 0.0740. The lowest BCUT2D eigenvalue weighted by molar-refractivity contribution is -0.147. The van der Waals surface area contributed by atoms with Gasteiger partial charge in [-0.05, 0) is 18.1 Å². The molecule has 1 heterocycles. The van der Waals surface area contributed by atoms with Gasteiger partial charge in [-0.2, -0.15) is 0 Å². The Morgan fingerprint density at radius 2 is 2.06 bits per heavy atom. The minimum Gasteiger partial charge on any atom is -0.458 e. The smallest absolute Gasteiger partial charge is 0.334 e. The zero-order valence-corrected chi connectivity index (χ0v) is 11.7. The summed E-state index contributed by atoms with van der Waals surface area (Å²) in [6, 6.07) is 0. The molecule has 94 valence electrons. The standard InChI is InChI=1S/C11H22O4Si/c1-11(2,3)16(4,5)15-9-6-8(7-12)14-10(9)13/h8-9,12H,6-7H2,1-5H3/t8-,9+/m0/s1. The molecule has 1 rings (SSSR count). The van der Waals surface area contributed by atoms with Crippen molar-refractivity contribution < 1.29 is 19.1 Å². The first kappa shape index (κ1) is 13.7. The Balaban J connectivity index is 2.65. The predicted molar refractivity (Wildman–Crippen MR) is 63.7 cm³/mol. The van der Waals surface area contributed by atoms with Gasteiger partial charge < -0.3 is 14.3 Å². The van der Waals surface area contributed by atoms with Crippen LogP contribution >= 0.6 is 0 Å². The zero-order valence-electron chi connectivity index (χ0n) is 10.7. The first-order valence-electron chi connectivity index (χ1n) is 5.66. The summed E-state index contributed by atoms with van der Waals surface area (Å²) in [5.74, 6) is -0.330. The number of carbonyl (C=O) groups is 1. The number of hydrogen-bond donors (Lipinski definition) is 1. The molecule has 1 N–H and O–H groups in total. The highest BCUT2D eigenvalue weighted by atomic mass is 28.4. The summed E-state index contributed by atoms with van der Waals surface area (Å²) in [5.41, 5.74) is 0. The van der Waals surface area contributed by atoms with Crippen LogP contribution in [0.4, 0.5) is 0 Å². The van der Waals surface area contributed by atoms with Crippen molar-refractivity contribution in [2.75, 3.05) is 6.61 Å². The minimum atomic E-state index is -1.94. The quantitative estimate of drug-likeness (QED) is 0.608. The second-order valence-electron chi connectivity index (χ2n) is 5.84. The van der Waals surface area contributed by atoms with Crippen LogP contribution in [0.3, 0.4) is 0 Å². The summed E-state index contributed by atoms with van der Waals surface area (Å²) in [5, 5.41) is 9.01. The lowest BCUT2D eigenvalue weighted by Crippen LogP contribution is -2.45. The van der Waals surface area contributed by atoms with Gasteiger partial charge >= 0.3 is 5.97 Å². The molecule has 0 aromatic carbocycles. The molecule has 1 fully saturated rings. The van der Waals surface area contributed by atoms with Crippen molar-refractivity contribution in [2.24, 2.45) is 0 Å². The van der Waals surface area contributed by atoms with Gasteiger partial charge in [-0.15, -0.1) is 0 Å². The molecule has 0 aromatic heterocycles. The maximum absolute atomic E-state index is 11.5. The van der Waals surface area contributed by atoms with Crippen molar-refractivity contribution >= 4 is 14.3 Å². The van der Waals surface area contributed by atoms with Gasteiger partial charge in [0, 0.05) is 6.42 Å². The third kappa shape index (κ3) is 2.84. The van der Waals surface area contributed by atoms with E-state index in [0.717, 1.165) is 0 Å². The van der Waals surface area contributed by atoms with Crippen LogP contribution in [0.1, 0.15) is 27.2 Å². The molecule has 5 heteroatoms. The molecule has 0 aliphatic carbocycles. The van der Waals surface area contributed by atoms with E-state index < -0.39 is 14.4 Å². The molecule has 0 unspecified atom stereocenters. The first-order chi connectivity index (χ1) is 7.17. The normalized spacial score (nSPS) is 27.0. The molecular weight excluding hydrogens is 224 g/mol. The molecule has 4 nitrogen and oxygen atoms in total. The zero-order chi connectivity index (χ0) is 12.6. The molecule has 0 saturated carbocycles. The van der Waals surface area contributed by atoms with Gasteiger partial charge in [0.1, 0.15) is 12.2 Å². The van der Waals surface area contributed by atoms with Gasteiger partial charge in [-0.1, -0.05) is 20.8 Å². The van der Waals surface area contributed by atoms with Crippen LogP contribution in [-0.4, -0.2) is 38.2 Å². The van der Waals surface area contributed by atoms with E-state index in [0.29, 0.717) is 6.42 Å². The van der Waals surface area contributed by atoms with Gasteiger partial charge in [0.05, 0.1) is 6.61 Å². The molecule has 1 aliphatic rings. The van der Waals surface area contributed by atoms with E-state index in [1.807, 2.05) is 0 Å². The summed E-state index contributed by atoms with van der Waals surface area (Å²) in [6.07, 6.45) is -0.401. The molecule has 1 saturated heterocycles. The first-order valence-corrected chi connectivity index (χ1v) is 8.57. The van der Waals surface area contributed by atoms with Gasteiger partial charge in [0.25, 0.3) is 0 Å². The molecule has 0 amide bonds. The number of ether oxygens (including phenoxy) is 1. The number of aliphatic hydroxyl groups is 1. The summed E-state index contributed by atoms with van der Waals surface area (Å²) in [4.78, 5) is 11.5. The second-order valence-corrected chi connectivity index (χ2v) is 10.6. The van der Waals surface area contributed by atoms with Crippen molar-refractivity contribution in [1.29, 1.82) is 0 Å². The SMILES string of the molecule is CC(C)(C)[Si](C)(C)O[C@@H]1C[C@@H](CO)OC1=O. The Bertz CT molecular complexity index is 270. The monoisotopic (exact) mass is 246 g/mol. The Morgan fingerprint density at radius 3 is 2.44 bits per heavy atom. The Hall–Kier alpha value is -0.393. The molecule has 1 aliphatic heterocycles. The Labute approximate surface area is 98.1 Å². The number of carbonyl (C=O) groups excluding carboxylic acids is 1. The van der Waals surface area contributed by atoms with E-state index in [4.69, 9.17) is 14.3 Å². The van der Waals surface area contributed by atoms with Crippen molar-refractivity contribution in [3.8, 4) is 0 Å². The number of aliphatic hydroxyl groups excluding tert-OH is 1. The highest BCUT2D eigenvalue weighted by Gasteiger charge is 2.44. The van der Waals surface area contributed by atoms with E-state index in [1.165, 1.54) is 0 Å². The lowest BCUT2D eigenvalue weighted by atomic mass is 10.2. The van der Waals surface area contributed by atoms with Gasteiger partial charge in [0.15, 0.2) is 8.32 Å². The van der Waals surface area contributed by atoms with E-state index >= 15 is 0 Å². The van der Waals surface area contributed by atoms with Crippen LogP contribution in [-0.2, 0) is 14.0 Å². The molecule has 0 bridgehead atoms. The average Bonchev–Trinajstić information content (AvgIpc) is 2.44. The maximum atomic E-state index is 11.5. The third-order valence-corrected chi connectivity index (χ3v) is 7.96. The lowest BCUT2D eigenvalue weighted by Gasteiger charge is -2.37. The molecule has 0 spiro atoms. The summed E-state index contributed by atoms with van der Waals surface area (Å²) < 4.78 is 11.0. The van der Waals surface area contributed by atoms with Crippen molar-refractivity contribution in [2.45, 2.75) is 57.5 Å². The maximum Gasteiger partial charge on any atom is 0.334 e. The molecule has 16 heavy (non-hydrogen) atoms. The number of cyclic esters (lactones) is 1. The van der Waals surface area contributed by atoms with Crippen molar-refractivity contribution in [3.63, 3.8) is 0 Å². The second kappa shape index (κ2) is 4.47. The van der Waals surface area contributed by atoms with Crippen LogP contribution in [0.2, 0.25) is 18.1 Å². The van der Waals surface area contributed by atoms with Crippen LogP contribution < -0.4 is 0 Å². The van der Waals surface area contributed by atoms with Crippen LogP contribution in [0.25, 0.3) is 0 Å². The fraction of sp³-hybridized carbons (Fsp3) is 0.909. The van der Waals surface area contributed by atoms with Crippen LogP contribution in [0, 0.1) is 0 Å². The van der Waals surface area contributed by atoms with Crippen LogP contribution in [0.5, 0.6) is 0 Å². The van der Waals surface area contributed by atoms with E-state index in [1.54, 1.807) is 0 Å². The fourth-order valence-electron chi connectivity index (χ4n) is 1.36. The topological polar surface area (TPSA) is 55.8 Å². The van der Waals surface area contributed by atoms with Crippen molar-refractivity contribution in [1.82, 2.24) is 0 Å². The molecular formula is C11H22O4Si. The summed E-state index contributed by atoms with van der Waals surface area (Å²) >= 11 is 0. The van der Waals surface area contributed by atoms with Crippen LogP contribution in [0.15, 0.2) is 0 Å². The number of esters is 1. The molecule has 0 aromatic rings. The Kier molecular flexibility index (Phi) is 3.82. The van der Waals surface area contributed by atoms with E-state index in [2.05, 4.69) is 33.9 Å². The molecule has 2 atom stereocenters. The Morgan fingerprint density at radius 1 is 1.50 bits per heavy atom.